The van der Waals surface area contributed by atoms with E-state index in [9.17, 15) is 0 Å². The van der Waals surface area contributed by atoms with E-state index in [1.807, 2.05) is 0 Å². The molecule has 0 aromatic heterocycles. The van der Waals surface area contributed by atoms with Crippen LogP contribution in [0.5, 0.6) is 0 Å². The van der Waals surface area contributed by atoms with Gasteiger partial charge in [0.1, 0.15) is 0 Å². The highest BCUT2D eigenvalue weighted by molar-refractivity contribution is 5.55. The van der Waals surface area contributed by atoms with E-state index < -0.39 is 0 Å². The van der Waals surface area contributed by atoms with E-state index in [2.05, 4.69) is 75.1 Å². The Morgan fingerprint density at radius 1 is 1.20 bits per heavy atom. The number of rotatable bonds is 5. The monoisotopic (exact) mass is 269 g/mol. The molecule has 0 heterocycles. The van der Waals surface area contributed by atoms with Crippen LogP contribution in [-0.4, -0.2) is 6.54 Å². The number of benzene rings is 1. The lowest BCUT2D eigenvalue weighted by Crippen LogP contribution is -2.24. The van der Waals surface area contributed by atoms with Gasteiger partial charge in [-0.3, -0.25) is 0 Å². The van der Waals surface area contributed by atoms with Crippen LogP contribution >= 0.6 is 0 Å². The molecule has 0 radical (unpaired) electrons. The number of anilines is 1. The van der Waals surface area contributed by atoms with Crippen LogP contribution < -0.4 is 4.90 Å². The van der Waals surface area contributed by atoms with Gasteiger partial charge >= 0.3 is 0 Å². The smallest absolute Gasteiger partial charge is 0.0410 e. The third-order valence-corrected chi connectivity index (χ3v) is 4.43. The molecule has 1 aromatic carbocycles. The molecule has 0 amide bonds. The molecule has 1 heteroatoms. The van der Waals surface area contributed by atoms with E-state index in [1.54, 1.807) is 0 Å². The average Bonchev–Trinajstić information content (AvgIpc) is 2.49. The van der Waals surface area contributed by atoms with Gasteiger partial charge in [-0.15, -0.1) is 0 Å². The molecule has 2 unspecified atom stereocenters. The summed E-state index contributed by atoms with van der Waals surface area (Å²) < 4.78 is 0. The predicted octanol–water partition coefficient (Wildman–Crippen LogP) is 5.33. The van der Waals surface area contributed by atoms with Crippen LogP contribution in [0.25, 0.3) is 0 Å². The van der Waals surface area contributed by atoms with Gasteiger partial charge in [-0.05, 0) is 50.3 Å². The molecule has 108 valence electrons. The summed E-state index contributed by atoms with van der Waals surface area (Å²) in [5.74, 6) is 1.44. The van der Waals surface area contributed by atoms with Crippen molar-refractivity contribution < 1.29 is 0 Å². The highest BCUT2D eigenvalue weighted by Gasteiger charge is 2.18. The maximum Gasteiger partial charge on any atom is 0.0410 e. The zero-order valence-electron chi connectivity index (χ0n) is 13.3. The van der Waals surface area contributed by atoms with Crippen LogP contribution in [0.2, 0.25) is 0 Å². The first kappa shape index (κ1) is 14.9. The van der Waals surface area contributed by atoms with Crippen LogP contribution in [0.4, 0.5) is 5.69 Å². The predicted molar refractivity (Wildman–Crippen MR) is 89.0 cm³/mol. The summed E-state index contributed by atoms with van der Waals surface area (Å²) in [7, 11) is 0. The van der Waals surface area contributed by atoms with Gasteiger partial charge in [-0.25, -0.2) is 0 Å². The van der Waals surface area contributed by atoms with Crippen molar-refractivity contribution in [1.29, 1.82) is 0 Å². The molecule has 1 nitrogen and oxygen atoms in total. The topological polar surface area (TPSA) is 3.24 Å². The molecule has 2 atom stereocenters. The molecule has 0 saturated heterocycles. The van der Waals surface area contributed by atoms with Gasteiger partial charge in [0.05, 0.1) is 0 Å². The molecular formula is C19H27N. The van der Waals surface area contributed by atoms with Gasteiger partial charge in [0, 0.05) is 17.9 Å². The van der Waals surface area contributed by atoms with Crippen LogP contribution in [0.3, 0.4) is 0 Å². The Bertz CT molecular complexity index is 481. The second kappa shape index (κ2) is 6.78. The van der Waals surface area contributed by atoms with E-state index in [0.717, 1.165) is 12.5 Å². The van der Waals surface area contributed by atoms with E-state index in [0.29, 0.717) is 5.92 Å². The molecular weight excluding hydrogens is 242 g/mol. The first-order chi connectivity index (χ1) is 9.65. The third kappa shape index (κ3) is 3.33. The minimum atomic E-state index is 0.680. The van der Waals surface area contributed by atoms with Crippen molar-refractivity contribution >= 4 is 5.69 Å². The van der Waals surface area contributed by atoms with Crippen LogP contribution in [-0.2, 0) is 0 Å². The highest BCUT2D eigenvalue weighted by Crippen LogP contribution is 2.29. The number of likely N-dealkylation sites (N-methyl/N-ethyl adjacent to an activating group) is 1. The van der Waals surface area contributed by atoms with E-state index in [1.165, 1.54) is 29.8 Å². The van der Waals surface area contributed by atoms with Crippen LogP contribution in [0.15, 0.2) is 48.2 Å². The largest absolute Gasteiger partial charge is 0.342 e. The second-order valence-corrected chi connectivity index (χ2v) is 5.86. The molecule has 1 aromatic rings. The summed E-state index contributed by atoms with van der Waals surface area (Å²) in [6.45, 7) is 10.0. The number of aryl methyl sites for hydroxylation is 1. The Morgan fingerprint density at radius 3 is 2.50 bits per heavy atom. The lowest BCUT2D eigenvalue weighted by molar-refractivity contribution is 0.415. The first-order valence-electron chi connectivity index (χ1n) is 7.88. The quantitative estimate of drug-likeness (QED) is 0.698. The maximum atomic E-state index is 2.47. The highest BCUT2D eigenvalue weighted by atomic mass is 15.1. The Labute approximate surface area is 124 Å². The van der Waals surface area contributed by atoms with Gasteiger partial charge in [-0.1, -0.05) is 50.1 Å². The fraction of sp³-hybridized carbons (Fsp3) is 0.474. The minimum Gasteiger partial charge on any atom is -0.342 e. The SMILES string of the molecule is CCC(C)C1C=C(N(CC)c2ccc(C)cc2)C=CC1. The Balaban J connectivity index is 2.24. The van der Waals surface area contributed by atoms with Crippen molar-refractivity contribution in [2.45, 2.75) is 40.5 Å². The van der Waals surface area contributed by atoms with Crippen molar-refractivity contribution in [2.24, 2.45) is 11.8 Å². The van der Waals surface area contributed by atoms with Crippen molar-refractivity contribution in [2.75, 3.05) is 11.4 Å². The number of nitrogens with zero attached hydrogens (tertiary/aromatic N) is 1. The summed E-state index contributed by atoms with van der Waals surface area (Å²) in [6.07, 6.45) is 9.52. The molecule has 0 bridgehead atoms. The Kier molecular flexibility index (Phi) is 5.05. The van der Waals surface area contributed by atoms with E-state index >= 15 is 0 Å². The molecule has 20 heavy (non-hydrogen) atoms. The van der Waals surface area contributed by atoms with Gasteiger partial charge in [0.15, 0.2) is 0 Å². The van der Waals surface area contributed by atoms with Crippen molar-refractivity contribution in [3.05, 3.63) is 53.8 Å². The van der Waals surface area contributed by atoms with Crippen molar-refractivity contribution in [3.8, 4) is 0 Å². The van der Waals surface area contributed by atoms with Crippen LogP contribution in [0, 0.1) is 18.8 Å². The first-order valence-corrected chi connectivity index (χ1v) is 7.88. The summed E-state index contributed by atoms with van der Waals surface area (Å²) in [4.78, 5) is 2.41. The third-order valence-electron chi connectivity index (χ3n) is 4.43. The van der Waals surface area contributed by atoms with Gasteiger partial charge in [0.25, 0.3) is 0 Å². The summed E-state index contributed by atoms with van der Waals surface area (Å²) in [5, 5.41) is 0. The van der Waals surface area contributed by atoms with E-state index in [-0.39, 0.29) is 0 Å². The number of hydrogen-bond acceptors (Lipinski definition) is 1. The normalized spacial score (nSPS) is 19.6. The molecule has 0 N–H and O–H groups in total. The summed E-state index contributed by atoms with van der Waals surface area (Å²) >= 11 is 0. The summed E-state index contributed by atoms with van der Waals surface area (Å²) in [6, 6.07) is 8.83. The molecule has 0 fully saturated rings. The second-order valence-electron chi connectivity index (χ2n) is 5.86. The molecule has 2 rings (SSSR count). The Hall–Kier alpha value is -1.50. The minimum absolute atomic E-state index is 0.680. The van der Waals surface area contributed by atoms with Crippen LogP contribution in [0.1, 0.15) is 39.2 Å². The fourth-order valence-electron chi connectivity index (χ4n) is 2.81. The molecule has 0 saturated carbocycles. The zero-order valence-corrected chi connectivity index (χ0v) is 13.3. The fourth-order valence-corrected chi connectivity index (χ4v) is 2.81. The molecule has 1 aliphatic rings. The zero-order chi connectivity index (χ0) is 14.5. The molecule has 1 aliphatic carbocycles. The van der Waals surface area contributed by atoms with E-state index in [4.69, 9.17) is 0 Å². The lowest BCUT2D eigenvalue weighted by Gasteiger charge is -2.30. The lowest BCUT2D eigenvalue weighted by atomic mass is 9.85. The molecule has 0 spiro atoms. The van der Waals surface area contributed by atoms with Gasteiger partial charge in [0.2, 0.25) is 0 Å². The number of allylic oxidation sites excluding steroid dienone is 3. The van der Waals surface area contributed by atoms with Crippen molar-refractivity contribution in [1.82, 2.24) is 0 Å². The standard InChI is InChI=1S/C19H27N/c1-5-16(4)17-8-7-9-19(14-17)20(6-2)18-12-10-15(3)11-13-18/h7,9-14,16-17H,5-6,8H2,1-4H3. The van der Waals surface area contributed by atoms with Gasteiger partial charge < -0.3 is 4.90 Å². The number of hydrogen-bond donors (Lipinski definition) is 0. The molecule has 0 aliphatic heterocycles. The van der Waals surface area contributed by atoms with Crippen molar-refractivity contribution in [3.63, 3.8) is 0 Å². The summed E-state index contributed by atoms with van der Waals surface area (Å²) in [5.41, 5.74) is 3.96. The maximum absolute atomic E-state index is 2.47. The Morgan fingerprint density at radius 2 is 1.90 bits per heavy atom. The average molecular weight is 269 g/mol. The van der Waals surface area contributed by atoms with Gasteiger partial charge in [-0.2, -0.15) is 0 Å².